The summed E-state index contributed by atoms with van der Waals surface area (Å²) in [5, 5.41) is 11.6. The maximum atomic E-state index is 12.5. The van der Waals surface area contributed by atoms with Gasteiger partial charge in [-0.3, -0.25) is 0 Å². The van der Waals surface area contributed by atoms with Gasteiger partial charge < -0.3 is 5.21 Å². The van der Waals surface area contributed by atoms with Crippen molar-refractivity contribution in [1.29, 1.82) is 0 Å². The smallest absolute Gasteiger partial charge is 0.416 e. The lowest BCUT2D eigenvalue weighted by atomic mass is 10.2. The van der Waals surface area contributed by atoms with Crippen LogP contribution < -0.4 is 4.73 Å². The van der Waals surface area contributed by atoms with Gasteiger partial charge in [0.1, 0.15) is 10.7 Å². The first-order valence-corrected chi connectivity index (χ1v) is 5.18. The van der Waals surface area contributed by atoms with Crippen LogP contribution in [0.1, 0.15) is 5.56 Å². The van der Waals surface area contributed by atoms with Gasteiger partial charge in [0, 0.05) is 12.3 Å². The van der Waals surface area contributed by atoms with Gasteiger partial charge in [0.05, 0.1) is 5.56 Å². The molecule has 18 heavy (non-hydrogen) atoms. The summed E-state index contributed by atoms with van der Waals surface area (Å²) in [7, 11) is 0. The van der Waals surface area contributed by atoms with Crippen molar-refractivity contribution in [2.75, 3.05) is 0 Å². The lowest BCUT2D eigenvalue weighted by Crippen LogP contribution is -2.29. The summed E-state index contributed by atoms with van der Waals surface area (Å²) in [6.45, 7) is 0. The van der Waals surface area contributed by atoms with Crippen molar-refractivity contribution in [3.05, 3.63) is 52.5 Å². The van der Waals surface area contributed by atoms with Crippen LogP contribution in [0.5, 0.6) is 0 Å². The minimum atomic E-state index is -4.49. The van der Waals surface area contributed by atoms with Crippen molar-refractivity contribution in [3.8, 4) is 11.4 Å². The highest BCUT2D eigenvalue weighted by Crippen LogP contribution is 2.31. The van der Waals surface area contributed by atoms with Crippen molar-refractivity contribution >= 4 is 11.6 Å². The second-order valence-electron chi connectivity index (χ2n) is 3.46. The molecule has 2 aromatic rings. The van der Waals surface area contributed by atoms with Crippen molar-refractivity contribution in [2.24, 2.45) is 0 Å². The molecule has 0 radical (unpaired) electrons. The van der Waals surface area contributed by atoms with Crippen molar-refractivity contribution < 1.29 is 17.9 Å². The van der Waals surface area contributed by atoms with Gasteiger partial charge >= 0.3 is 6.18 Å². The summed E-state index contributed by atoms with van der Waals surface area (Å²) < 4.78 is 38.0. The molecule has 3 nitrogen and oxygen atoms in total. The molecule has 2 aromatic heterocycles. The zero-order valence-corrected chi connectivity index (χ0v) is 9.53. The third-order valence-corrected chi connectivity index (χ3v) is 2.55. The minimum absolute atomic E-state index is 0.0410. The molecule has 0 aliphatic carbocycles. The number of pyridine rings is 2. The molecular formula is C11H6ClF3N2O. The summed E-state index contributed by atoms with van der Waals surface area (Å²) in [5.41, 5.74) is -1.11. The molecule has 0 saturated carbocycles. The van der Waals surface area contributed by atoms with E-state index in [1.807, 2.05) is 0 Å². The number of nitrogens with zero attached hydrogens (tertiary/aromatic N) is 2. The molecule has 2 rings (SSSR count). The molecular weight excluding hydrogens is 269 g/mol. The molecule has 0 aliphatic heterocycles. The SMILES string of the molecule is [O-][n+]1cccc(Cl)c1-c1cc(C(F)(F)F)ccn1. The van der Waals surface area contributed by atoms with Crippen LogP contribution >= 0.6 is 11.6 Å². The van der Waals surface area contributed by atoms with Gasteiger partial charge in [-0.2, -0.15) is 17.9 Å². The molecule has 94 valence electrons. The fourth-order valence-electron chi connectivity index (χ4n) is 1.44. The second kappa shape index (κ2) is 4.45. The maximum Gasteiger partial charge on any atom is 0.416 e. The predicted molar refractivity (Wildman–Crippen MR) is 58.6 cm³/mol. The van der Waals surface area contributed by atoms with E-state index in [9.17, 15) is 18.4 Å². The first kappa shape index (κ1) is 12.6. The van der Waals surface area contributed by atoms with Gasteiger partial charge in [0.25, 0.3) is 5.69 Å². The van der Waals surface area contributed by atoms with Gasteiger partial charge in [-0.05, 0) is 18.2 Å². The Morgan fingerprint density at radius 2 is 2.00 bits per heavy atom. The second-order valence-corrected chi connectivity index (χ2v) is 3.87. The van der Waals surface area contributed by atoms with Crippen molar-refractivity contribution in [2.45, 2.75) is 6.18 Å². The molecule has 0 bridgehead atoms. The van der Waals surface area contributed by atoms with E-state index in [1.165, 1.54) is 12.1 Å². The minimum Gasteiger partial charge on any atom is -0.618 e. The van der Waals surface area contributed by atoms with Crippen LogP contribution in [0, 0.1) is 5.21 Å². The lowest BCUT2D eigenvalue weighted by Gasteiger charge is -2.09. The molecule has 0 amide bonds. The molecule has 0 saturated heterocycles. The zero-order valence-electron chi connectivity index (χ0n) is 8.78. The van der Waals surface area contributed by atoms with Crippen LogP contribution in [0.25, 0.3) is 11.4 Å². The van der Waals surface area contributed by atoms with Crippen LogP contribution in [0.2, 0.25) is 5.02 Å². The van der Waals surface area contributed by atoms with E-state index in [2.05, 4.69) is 4.98 Å². The van der Waals surface area contributed by atoms with E-state index in [1.54, 1.807) is 0 Å². The molecule has 0 unspecified atom stereocenters. The third kappa shape index (κ3) is 2.38. The highest BCUT2D eigenvalue weighted by molar-refractivity contribution is 6.32. The predicted octanol–water partition coefficient (Wildman–Crippen LogP) is 3.05. The van der Waals surface area contributed by atoms with Crippen LogP contribution in [0.3, 0.4) is 0 Å². The molecule has 2 heterocycles. The monoisotopic (exact) mass is 274 g/mol. The Bertz CT molecular complexity index is 566. The highest BCUT2D eigenvalue weighted by atomic mass is 35.5. The number of hydrogen-bond acceptors (Lipinski definition) is 2. The molecule has 0 N–H and O–H groups in total. The largest absolute Gasteiger partial charge is 0.618 e. The first-order chi connectivity index (χ1) is 8.39. The van der Waals surface area contributed by atoms with Crippen LogP contribution in [0.15, 0.2) is 36.7 Å². The number of aromatic nitrogens is 2. The van der Waals surface area contributed by atoms with Crippen LogP contribution in [0.4, 0.5) is 13.2 Å². The Kier molecular flexibility index (Phi) is 3.13. The van der Waals surface area contributed by atoms with Crippen molar-refractivity contribution in [1.82, 2.24) is 4.98 Å². The van der Waals surface area contributed by atoms with Crippen molar-refractivity contribution in [3.63, 3.8) is 0 Å². The molecule has 0 aliphatic rings. The van der Waals surface area contributed by atoms with E-state index in [0.29, 0.717) is 4.73 Å². The molecule has 0 spiro atoms. The number of alkyl halides is 3. The Hall–Kier alpha value is -1.82. The zero-order chi connectivity index (χ0) is 13.3. The first-order valence-electron chi connectivity index (χ1n) is 4.81. The van der Waals surface area contributed by atoms with Gasteiger partial charge in [0.2, 0.25) is 0 Å². The van der Waals surface area contributed by atoms with Crippen LogP contribution in [-0.4, -0.2) is 4.98 Å². The summed E-state index contributed by atoms with van der Waals surface area (Å²) >= 11 is 5.79. The standard InChI is InChI=1S/C11H6ClF3N2O/c12-8-2-1-5-17(18)10(8)9-6-7(3-4-16-9)11(13,14)15/h1-6H. The molecule has 7 heteroatoms. The highest BCUT2D eigenvalue weighted by Gasteiger charge is 2.31. The molecule has 0 fully saturated rings. The summed E-state index contributed by atoms with van der Waals surface area (Å²) in [4.78, 5) is 3.74. The van der Waals surface area contributed by atoms with Gasteiger partial charge in [-0.1, -0.05) is 11.6 Å². The van der Waals surface area contributed by atoms with Gasteiger partial charge in [0.15, 0.2) is 6.20 Å². The number of rotatable bonds is 1. The summed E-state index contributed by atoms with van der Waals surface area (Å²) in [5.74, 6) is 0. The van der Waals surface area contributed by atoms with E-state index in [0.717, 1.165) is 24.5 Å². The molecule has 0 aromatic carbocycles. The third-order valence-electron chi connectivity index (χ3n) is 2.24. The van der Waals surface area contributed by atoms with E-state index < -0.39 is 11.7 Å². The van der Waals surface area contributed by atoms with Gasteiger partial charge in [-0.25, -0.2) is 4.98 Å². The van der Waals surface area contributed by atoms with E-state index >= 15 is 0 Å². The number of hydrogen-bond donors (Lipinski definition) is 0. The van der Waals surface area contributed by atoms with E-state index in [4.69, 9.17) is 11.6 Å². The fourth-order valence-corrected chi connectivity index (χ4v) is 1.69. The van der Waals surface area contributed by atoms with Crippen LogP contribution in [-0.2, 0) is 6.18 Å². The fraction of sp³-hybridized carbons (Fsp3) is 0.0909. The normalized spacial score (nSPS) is 11.6. The maximum absolute atomic E-state index is 12.5. The number of halogens is 4. The Labute approximate surface area is 105 Å². The van der Waals surface area contributed by atoms with Gasteiger partial charge in [-0.15, -0.1) is 0 Å². The average molecular weight is 275 g/mol. The Balaban J connectivity index is 2.59. The topological polar surface area (TPSA) is 39.8 Å². The lowest BCUT2D eigenvalue weighted by molar-refractivity contribution is -0.593. The summed E-state index contributed by atoms with van der Waals surface area (Å²) in [6.07, 6.45) is -2.36. The summed E-state index contributed by atoms with van der Waals surface area (Å²) in [6, 6.07) is 4.42. The Morgan fingerprint density at radius 3 is 2.61 bits per heavy atom. The molecule has 0 atom stereocenters. The quantitative estimate of drug-likeness (QED) is 0.592. The average Bonchev–Trinajstić information content (AvgIpc) is 2.28. The Morgan fingerprint density at radius 1 is 1.28 bits per heavy atom. The van der Waals surface area contributed by atoms with E-state index in [-0.39, 0.29) is 16.4 Å².